The molecule has 33 heavy (non-hydrogen) atoms. The molecule has 2 saturated heterocycles. The Balaban J connectivity index is 1.07. The Labute approximate surface area is 201 Å². The SMILES string of the molecule is CN(C)c1nsc(N2CCC(C3CCN(c4ccc(C(=O)NCC5CC5)cc4)CC3)CC2)n1. The van der Waals surface area contributed by atoms with Crippen molar-refractivity contribution in [1.29, 1.82) is 0 Å². The number of rotatable bonds is 7. The highest BCUT2D eigenvalue weighted by atomic mass is 32.1. The van der Waals surface area contributed by atoms with Crippen molar-refractivity contribution >= 4 is 34.2 Å². The van der Waals surface area contributed by atoms with Crippen molar-refractivity contribution < 1.29 is 4.79 Å². The molecule has 0 spiro atoms. The first kappa shape index (κ1) is 22.4. The van der Waals surface area contributed by atoms with E-state index >= 15 is 0 Å². The van der Waals surface area contributed by atoms with Crippen LogP contribution in [0.4, 0.5) is 16.8 Å². The van der Waals surface area contributed by atoms with Gasteiger partial charge in [-0.25, -0.2) is 0 Å². The van der Waals surface area contributed by atoms with Crippen molar-refractivity contribution in [2.45, 2.75) is 38.5 Å². The molecule has 0 radical (unpaired) electrons. The Kier molecular flexibility index (Phi) is 6.71. The minimum Gasteiger partial charge on any atom is -0.372 e. The van der Waals surface area contributed by atoms with Crippen molar-refractivity contribution in [1.82, 2.24) is 14.7 Å². The number of anilines is 3. The Morgan fingerprint density at radius 3 is 2.12 bits per heavy atom. The van der Waals surface area contributed by atoms with E-state index in [0.717, 1.165) is 61.2 Å². The van der Waals surface area contributed by atoms with Crippen molar-refractivity contribution in [3.8, 4) is 0 Å². The standard InChI is InChI=1S/C25H36N6OS/c1-29(2)24-27-25(33-28-24)31-15-11-20(12-16-31)19-9-13-30(14-10-19)22-7-5-21(6-8-22)23(32)26-17-18-3-4-18/h5-8,18-20H,3-4,9-17H2,1-2H3,(H,26,32). The van der Waals surface area contributed by atoms with Crippen LogP contribution in [0.25, 0.3) is 0 Å². The van der Waals surface area contributed by atoms with Crippen LogP contribution in [0.15, 0.2) is 24.3 Å². The lowest BCUT2D eigenvalue weighted by Gasteiger charge is -2.40. The summed E-state index contributed by atoms with van der Waals surface area (Å²) in [7, 11) is 3.98. The van der Waals surface area contributed by atoms with E-state index < -0.39 is 0 Å². The van der Waals surface area contributed by atoms with Crippen LogP contribution in [-0.2, 0) is 0 Å². The molecule has 1 amide bonds. The molecular formula is C25H36N6OS. The van der Waals surface area contributed by atoms with E-state index in [0.29, 0.717) is 5.92 Å². The smallest absolute Gasteiger partial charge is 0.251 e. The lowest BCUT2D eigenvalue weighted by atomic mass is 9.79. The van der Waals surface area contributed by atoms with Gasteiger partial charge in [-0.1, -0.05) is 0 Å². The molecule has 1 aromatic carbocycles. The molecule has 2 aliphatic heterocycles. The van der Waals surface area contributed by atoms with Crippen molar-refractivity contribution in [3.63, 3.8) is 0 Å². The molecule has 178 valence electrons. The number of hydrogen-bond acceptors (Lipinski definition) is 7. The molecule has 0 bridgehead atoms. The predicted octanol–water partition coefficient (Wildman–Crippen LogP) is 3.88. The monoisotopic (exact) mass is 468 g/mol. The van der Waals surface area contributed by atoms with Gasteiger partial charge in [0.05, 0.1) is 0 Å². The zero-order chi connectivity index (χ0) is 22.8. The van der Waals surface area contributed by atoms with Gasteiger partial charge in [-0.3, -0.25) is 4.79 Å². The van der Waals surface area contributed by atoms with Gasteiger partial charge >= 0.3 is 0 Å². The van der Waals surface area contributed by atoms with E-state index in [1.165, 1.54) is 55.7 Å². The highest BCUT2D eigenvalue weighted by molar-refractivity contribution is 7.09. The summed E-state index contributed by atoms with van der Waals surface area (Å²) >= 11 is 1.52. The number of carbonyl (C=O) groups is 1. The van der Waals surface area contributed by atoms with Crippen LogP contribution in [0.5, 0.6) is 0 Å². The van der Waals surface area contributed by atoms with Crippen molar-refractivity contribution in [2.24, 2.45) is 17.8 Å². The lowest BCUT2D eigenvalue weighted by Crippen LogP contribution is -2.41. The van der Waals surface area contributed by atoms with Crippen molar-refractivity contribution in [3.05, 3.63) is 29.8 Å². The lowest BCUT2D eigenvalue weighted by molar-refractivity contribution is 0.0952. The highest BCUT2D eigenvalue weighted by Crippen LogP contribution is 2.35. The summed E-state index contributed by atoms with van der Waals surface area (Å²) in [4.78, 5) is 23.8. The second kappa shape index (κ2) is 9.87. The summed E-state index contributed by atoms with van der Waals surface area (Å²) in [6, 6.07) is 8.20. The number of benzene rings is 1. The molecule has 5 rings (SSSR count). The van der Waals surface area contributed by atoms with E-state index in [9.17, 15) is 4.79 Å². The maximum atomic E-state index is 12.3. The van der Waals surface area contributed by atoms with Gasteiger partial charge in [0, 0.05) is 69.6 Å². The van der Waals surface area contributed by atoms with Crippen molar-refractivity contribution in [2.75, 3.05) is 61.5 Å². The number of amides is 1. The van der Waals surface area contributed by atoms with Crippen LogP contribution in [0.2, 0.25) is 0 Å². The fraction of sp³-hybridized carbons (Fsp3) is 0.640. The Hall–Kier alpha value is -2.35. The number of carbonyl (C=O) groups excluding carboxylic acids is 1. The van der Waals surface area contributed by atoms with E-state index in [1.54, 1.807) is 0 Å². The molecule has 1 aliphatic carbocycles. The molecular weight excluding hydrogens is 432 g/mol. The first-order valence-corrected chi connectivity index (χ1v) is 13.2. The Bertz CT molecular complexity index is 925. The maximum Gasteiger partial charge on any atom is 0.251 e. The second-order valence-electron chi connectivity index (χ2n) is 10.1. The molecule has 1 saturated carbocycles. The van der Waals surface area contributed by atoms with Gasteiger partial charge in [0.2, 0.25) is 11.1 Å². The van der Waals surface area contributed by atoms with Gasteiger partial charge in [-0.2, -0.15) is 9.36 Å². The molecule has 3 heterocycles. The summed E-state index contributed by atoms with van der Waals surface area (Å²) in [5.41, 5.74) is 2.02. The van der Waals surface area contributed by atoms with Crippen LogP contribution in [-0.4, -0.2) is 62.1 Å². The number of nitrogens with zero attached hydrogens (tertiary/aromatic N) is 5. The van der Waals surface area contributed by atoms with Gasteiger partial charge in [0.1, 0.15) is 0 Å². The quantitative estimate of drug-likeness (QED) is 0.665. The number of piperidine rings is 2. The fourth-order valence-electron chi connectivity index (χ4n) is 5.19. The molecule has 0 unspecified atom stereocenters. The van der Waals surface area contributed by atoms with Gasteiger partial charge in [0.25, 0.3) is 5.91 Å². The van der Waals surface area contributed by atoms with Crippen LogP contribution >= 0.6 is 11.5 Å². The van der Waals surface area contributed by atoms with E-state index in [-0.39, 0.29) is 5.91 Å². The van der Waals surface area contributed by atoms with E-state index in [1.807, 2.05) is 31.1 Å². The van der Waals surface area contributed by atoms with Crippen LogP contribution < -0.4 is 20.0 Å². The van der Waals surface area contributed by atoms with Crippen LogP contribution in [0.3, 0.4) is 0 Å². The third-order valence-corrected chi connectivity index (χ3v) is 8.33. The predicted molar refractivity (Wildman–Crippen MR) is 136 cm³/mol. The van der Waals surface area contributed by atoms with Gasteiger partial charge in [-0.05, 0) is 80.5 Å². The summed E-state index contributed by atoms with van der Waals surface area (Å²) in [6.45, 7) is 5.24. The molecule has 2 aromatic rings. The maximum absolute atomic E-state index is 12.3. The zero-order valence-corrected chi connectivity index (χ0v) is 20.7. The summed E-state index contributed by atoms with van der Waals surface area (Å²) in [5.74, 6) is 3.23. The van der Waals surface area contributed by atoms with Gasteiger partial charge in [0.15, 0.2) is 0 Å². The van der Waals surface area contributed by atoms with Crippen LogP contribution in [0, 0.1) is 17.8 Å². The minimum absolute atomic E-state index is 0.0602. The third-order valence-electron chi connectivity index (χ3n) is 7.56. The molecule has 3 fully saturated rings. The number of nitrogens with one attached hydrogen (secondary N) is 1. The van der Waals surface area contributed by atoms with E-state index in [2.05, 4.69) is 36.6 Å². The average molecular weight is 469 g/mol. The topological polar surface area (TPSA) is 64.6 Å². The van der Waals surface area contributed by atoms with Gasteiger partial charge < -0.3 is 20.0 Å². The number of hydrogen-bond donors (Lipinski definition) is 1. The Morgan fingerprint density at radius 2 is 1.58 bits per heavy atom. The second-order valence-corrected chi connectivity index (χ2v) is 10.9. The fourth-order valence-corrected chi connectivity index (χ4v) is 5.98. The highest BCUT2D eigenvalue weighted by Gasteiger charge is 2.30. The van der Waals surface area contributed by atoms with Crippen LogP contribution in [0.1, 0.15) is 48.9 Å². The molecule has 7 nitrogen and oxygen atoms in total. The number of aromatic nitrogens is 2. The first-order valence-electron chi connectivity index (χ1n) is 12.5. The Morgan fingerprint density at radius 1 is 0.970 bits per heavy atom. The minimum atomic E-state index is 0.0602. The average Bonchev–Trinajstić information content (AvgIpc) is 3.55. The molecule has 0 atom stereocenters. The third kappa shape index (κ3) is 5.42. The van der Waals surface area contributed by atoms with E-state index in [4.69, 9.17) is 0 Å². The first-order chi connectivity index (χ1) is 16.1. The molecule has 1 N–H and O–H groups in total. The largest absolute Gasteiger partial charge is 0.372 e. The van der Waals surface area contributed by atoms with Gasteiger partial charge in [-0.15, -0.1) is 0 Å². The summed E-state index contributed by atoms with van der Waals surface area (Å²) in [5, 5.41) is 4.12. The normalized spacial score (nSPS) is 20.2. The summed E-state index contributed by atoms with van der Waals surface area (Å²) in [6.07, 6.45) is 7.55. The molecule has 3 aliphatic rings. The molecule has 8 heteroatoms. The zero-order valence-electron chi connectivity index (χ0n) is 19.9. The molecule has 1 aromatic heterocycles. The summed E-state index contributed by atoms with van der Waals surface area (Å²) < 4.78 is 4.46.